The number of nitrogens with two attached hydrogens (primary N) is 1. The van der Waals surface area contributed by atoms with Crippen LogP contribution < -0.4 is 11.0 Å². The van der Waals surface area contributed by atoms with Gasteiger partial charge in [-0.15, -0.1) is 0 Å². The Hall–Kier alpha value is -1.14. The molecule has 0 rings (SSSR count). The summed E-state index contributed by atoms with van der Waals surface area (Å²) in [5.74, 6) is -1.89. The molecule has 2 atom stereocenters. The molecule has 0 fully saturated rings. The predicted octanol–water partition coefficient (Wildman–Crippen LogP) is -2.10. The van der Waals surface area contributed by atoms with Crippen molar-refractivity contribution in [3.8, 4) is 0 Å². The minimum absolute atomic E-state index is 0.554. The number of carboxylic acid groups (broad SMARTS) is 1. The summed E-state index contributed by atoms with van der Waals surface area (Å²) in [5, 5.41) is 19.1. The Bertz CT molecular complexity index is 195. The predicted molar refractivity (Wildman–Crippen MR) is 40.3 cm³/mol. The summed E-state index contributed by atoms with van der Waals surface area (Å²) in [6.45, 7) is 0.736. The van der Waals surface area contributed by atoms with Crippen molar-refractivity contribution in [2.24, 2.45) is 5.73 Å². The Kier molecular flexibility index (Phi) is 3.49. The molecule has 0 aromatic heterocycles. The molecular formula is C6H12N2O4. The second kappa shape index (κ2) is 4.68. The lowest BCUT2D eigenvalue weighted by atomic mass is 10.2. The van der Waals surface area contributed by atoms with Crippen molar-refractivity contribution in [3.05, 3.63) is 0 Å². The molecule has 0 aliphatic heterocycles. The first-order valence-corrected chi connectivity index (χ1v) is 3.34. The highest BCUT2D eigenvalue weighted by Gasteiger charge is 2.18. The van der Waals surface area contributed by atoms with Crippen LogP contribution >= 0.6 is 0 Å². The topological polar surface area (TPSA) is 113 Å². The Balaban J connectivity index is 4.05. The normalized spacial score (nSPS) is 16.0. The summed E-state index contributed by atoms with van der Waals surface area (Å²) in [6.07, 6.45) is 0. The quantitative estimate of drug-likeness (QED) is 0.384. The van der Waals surface area contributed by atoms with Crippen LogP contribution in [-0.4, -0.2) is 40.8 Å². The molecule has 0 heterocycles. The van der Waals surface area contributed by atoms with Crippen LogP contribution in [0.5, 0.6) is 0 Å². The third-order valence-corrected chi connectivity index (χ3v) is 1.23. The first kappa shape index (κ1) is 8.95. The molecule has 0 unspecified atom stereocenters. The number of carboxylic acids is 1. The van der Waals surface area contributed by atoms with Crippen LogP contribution in [0.2, 0.25) is 1.41 Å². The van der Waals surface area contributed by atoms with Gasteiger partial charge < -0.3 is 21.3 Å². The monoisotopic (exact) mass is 177 g/mol. The lowest BCUT2D eigenvalue weighted by Gasteiger charge is -2.12. The van der Waals surface area contributed by atoms with Gasteiger partial charge in [-0.25, -0.2) is 0 Å². The van der Waals surface area contributed by atoms with Crippen molar-refractivity contribution >= 4 is 11.9 Å². The summed E-state index contributed by atoms with van der Waals surface area (Å²) in [6, 6.07) is -2.13. The SMILES string of the molecule is [2H]N[C@@H](CO)C(=O)N[C@@H](C)C(=O)O. The highest BCUT2D eigenvalue weighted by molar-refractivity contribution is 5.86. The van der Waals surface area contributed by atoms with E-state index in [9.17, 15) is 9.59 Å². The fourth-order valence-corrected chi connectivity index (χ4v) is 0.459. The van der Waals surface area contributed by atoms with Crippen molar-refractivity contribution in [1.29, 1.82) is 0 Å². The van der Waals surface area contributed by atoms with Crippen molar-refractivity contribution in [1.82, 2.24) is 5.32 Å². The number of rotatable bonds is 5. The van der Waals surface area contributed by atoms with E-state index in [1.165, 1.54) is 6.92 Å². The van der Waals surface area contributed by atoms with Crippen LogP contribution in [-0.2, 0) is 9.59 Å². The van der Waals surface area contributed by atoms with E-state index < -0.39 is 30.6 Å². The molecule has 0 aliphatic carbocycles. The zero-order chi connectivity index (χ0) is 10.4. The summed E-state index contributed by atoms with van der Waals surface area (Å²) in [7, 11) is 0. The molecule has 0 aromatic rings. The maximum Gasteiger partial charge on any atom is 0.325 e. The van der Waals surface area contributed by atoms with Gasteiger partial charge in [0.05, 0.1) is 6.61 Å². The van der Waals surface area contributed by atoms with Gasteiger partial charge >= 0.3 is 5.97 Å². The van der Waals surface area contributed by atoms with Crippen molar-refractivity contribution in [3.63, 3.8) is 0 Å². The van der Waals surface area contributed by atoms with E-state index in [1.807, 2.05) is 0 Å². The average Bonchev–Trinajstić information content (AvgIpc) is 2.06. The minimum atomic E-state index is -1.17. The number of amides is 1. The molecule has 0 radical (unpaired) electrons. The van der Waals surface area contributed by atoms with Crippen LogP contribution in [0.15, 0.2) is 0 Å². The molecule has 0 saturated heterocycles. The number of hydrogen-bond acceptors (Lipinski definition) is 4. The summed E-state index contributed by atoms with van der Waals surface area (Å²) < 4.78 is 6.62. The summed E-state index contributed by atoms with van der Waals surface area (Å²) in [5.41, 5.74) is 1.79. The molecule has 5 N–H and O–H groups in total. The highest BCUT2D eigenvalue weighted by Crippen LogP contribution is 1.83. The zero-order valence-corrected chi connectivity index (χ0v) is 6.57. The third-order valence-electron chi connectivity index (χ3n) is 1.23. The molecule has 1 amide bonds. The molecular weight excluding hydrogens is 164 g/mol. The number of nitrogens with one attached hydrogen (secondary N) is 1. The number of aliphatic carboxylic acids is 1. The van der Waals surface area contributed by atoms with E-state index in [1.54, 1.807) is 5.73 Å². The smallest absolute Gasteiger partial charge is 0.325 e. The van der Waals surface area contributed by atoms with Crippen molar-refractivity contribution in [2.75, 3.05) is 6.61 Å². The molecule has 6 heteroatoms. The Morgan fingerprint density at radius 1 is 1.75 bits per heavy atom. The molecule has 12 heavy (non-hydrogen) atoms. The fraction of sp³-hybridized carbons (Fsp3) is 0.667. The van der Waals surface area contributed by atoms with Gasteiger partial charge in [0.15, 0.2) is 0 Å². The molecule has 0 spiro atoms. The Morgan fingerprint density at radius 2 is 2.33 bits per heavy atom. The van der Waals surface area contributed by atoms with E-state index in [-0.39, 0.29) is 0 Å². The maximum atomic E-state index is 11.0. The molecule has 70 valence electrons. The maximum absolute atomic E-state index is 11.0. The Morgan fingerprint density at radius 3 is 2.67 bits per heavy atom. The first-order chi connectivity index (χ1) is 6.02. The van der Waals surface area contributed by atoms with Gasteiger partial charge in [0, 0.05) is 0 Å². The number of aliphatic hydroxyl groups excluding tert-OH is 1. The van der Waals surface area contributed by atoms with Crippen LogP contribution in [0.3, 0.4) is 0 Å². The molecule has 0 saturated carbocycles. The van der Waals surface area contributed by atoms with Gasteiger partial charge in [-0.1, -0.05) is 0 Å². The molecule has 0 aromatic carbocycles. The lowest BCUT2D eigenvalue weighted by Crippen LogP contribution is -2.48. The Labute approximate surface area is 70.8 Å². The number of carbonyl (C=O) groups is 2. The fourth-order valence-electron chi connectivity index (χ4n) is 0.459. The van der Waals surface area contributed by atoms with E-state index >= 15 is 0 Å². The second-order valence-corrected chi connectivity index (χ2v) is 2.30. The molecule has 0 bridgehead atoms. The van der Waals surface area contributed by atoms with E-state index in [2.05, 4.69) is 5.32 Å². The van der Waals surface area contributed by atoms with E-state index in [0.717, 1.165) is 0 Å². The summed E-state index contributed by atoms with van der Waals surface area (Å²) >= 11 is 0. The number of aliphatic hydroxyl groups is 1. The standard InChI is InChI=1S/C6H12N2O4/c1-3(6(11)12)8-5(10)4(7)2-9/h3-4,9H,2,7H2,1H3,(H,8,10)(H,11,12)/t3-,4-/m0/s1/i/hD. The van der Waals surface area contributed by atoms with Crippen LogP contribution in [0.25, 0.3) is 0 Å². The van der Waals surface area contributed by atoms with Crippen molar-refractivity contribution in [2.45, 2.75) is 19.0 Å². The minimum Gasteiger partial charge on any atom is -0.480 e. The van der Waals surface area contributed by atoms with Gasteiger partial charge in [-0.2, -0.15) is 0 Å². The van der Waals surface area contributed by atoms with Gasteiger partial charge in [-0.05, 0) is 6.92 Å². The van der Waals surface area contributed by atoms with Crippen LogP contribution in [0.4, 0.5) is 0 Å². The van der Waals surface area contributed by atoms with Gasteiger partial charge in [0.25, 0.3) is 0 Å². The third kappa shape index (κ3) is 3.31. The van der Waals surface area contributed by atoms with Gasteiger partial charge in [0.2, 0.25) is 5.91 Å². The second-order valence-electron chi connectivity index (χ2n) is 2.30. The first-order valence-electron chi connectivity index (χ1n) is 3.84. The summed E-state index contributed by atoms with van der Waals surface area (Å²) in [4.78, 5) is 21.3. The molecule has 0 aliphatic rings. The highest BCUT2D eigenvalue weighted by atomic mass is 16.4. The van der Waals surface area contributed by atoms with Crippen LogP contribution in [0.1, 0.15) is 6.92 Å². The van der Waals surface area contributed by atoms with Gasteiger partial charge in [-0.3, -0.25) is 9.59 Å². The average molecular weight is 177 g/mol. The number of hydrogen-bond donors (Lipinski definition) is 4. The largest absolute Gasteiger partial charge is 0.480 e. The lowest BCUT2D eigenvalue weighted by molar-refractivity contribution is -0.141. The van der Waals surface area contributed by atoms with Crippen LogP contribution in [0, 0.1) is 0 Å². The molecule has 6 nitrogen and oxygen atoms in total. The number of carbonyl (C=O) groups excluding carboxylic acids is 1. The van der Waals surface area contributed by atoms with E-state index in [4.69, 9.17) is 11.6 Å². The van der Waals surface area contributed by atoms with Gasteiger partial charge in [0.1, 0.15) is 13.5 Å². The van der Waals surface area contributed by atoms with E-state index in [0.29, 0.717) is 0 Å². The zero-order valence-electron chi connectivity index (χ0n) is 7.57. The van der Waals surface area contributed by atoms with Crippen molar-refractivity contribution < 1.29 is 21.2 Å².